The van der Waals surface area contributed by atoms with Crippen LogP contribution in [0, 0.1) is 11.3 Å². The molecule has 1 aliphatic heterocycles. The molecule has 1 aliphatic rings. The van der Waals surface area contributed by atoms with Gasteiger partial charge in [0, 0.05) is 18.7 Å². The number of ether oxygens (including phenoxy) is 1. The lowest BCUT2D eigenvalue weighted by Gasteiger charge is -2.32. The van der Waals surface area contributed by atoms with Crippen molar-refractivity contribution in [2.24, 2.45) is 5.73 Å². The summed E-state index contributed by atoms with van der Waals surface area (Å²) in [5.74, 6) is 0. The van der Waals surface area contributed by atoms with Gasteiger partial charge in [0.15, 0.2) is 0 Å². The van der Waals surface area contributed by atoms with Crippen LogP contribution >= 0.6 is 0 Å². The number of nitrogens with two attached hydrogens (primary N) is 1. The van der Waals surface area contributed by atoms with Gasteiger partial charge in [-0.15, -0.1) is 0 Å². The number of hydrogen-bond acceptors (Lipinski definition) is 4. The van der Waals surface area contributed by atoms with Crippen LogP contribution in [0.1, 0.15) is 26.7 Å². The van der Waals surface area contributed by atoms with E-state index in [4.69, 9.17) is 15.7 Å². The molecule has 0 aliphatic carbocycles. The quantitative estimate of drug-likeness (QED) is 0.744. The second kappa shape index (κ2) is 4.93. The maximum Gasteiger partial charge on any atom is 0.102 e. The summed E-state index contributed by atoms with van der Waals surface area (Å²) in [6.07, 6.45) is 1.77. The SMILES string of the molecule is CC(CC(C)(N)C#N)N(C)C1CCOC1. The van der Waals surface area contributed by atoms with Crippen LogP contribution in [0.25, 0.3) is 0 Å². The summed E-state index contributed by atoms with van der Waals surface area (Å²) in [6, 6.07) is 2.93. The minimum absolute atomic E-state index is 0.311. The zero-order valence-electron chi connectivity index (χ0n) is 9.86. The van der Waals surface area contributed by atoms with Gasteiger partial charge in [0.05, 0.1) is 12.7 Å². The Kier molecular flexibility index (Phi) is 4.09. The Hall–Kier alpha value is -0.630. The largest absolute Gasteiger partial charge is 0.380 e. The molecule has 3 atom stereocenters. The molecule has 0 bridgehead atoms. The molecule has 0 spiro atoms. The standard InChI is InChI=1S/C11H21N3O/c1-9(6-11(2,13)8-12)14(3)10-4-5-15-7-10/h9-10H,4-7,13H2,1-3H3. The van der Waals surface area contributed by atoms with Gasteiger partial charge < -0.3 is 10.5 Å². The minimum atomic E-state index is -0.729. The second-order valence-electron chi connectivity index (χ2n) is 4.77. The van der Waals surface area contributed by atoms with Crippen molar-refractivity contribution in [1.29, 1.82) is 5.26 Å². The molecule has 1 fully saturated rings. The molecule has 1 rings (SSSR count). The van der Waals surface area contributed by atoms with Crippen LogP contribution in [0.5, 0.6) is 0 Å². The molecular weight excluding hydrogens is 190 g/mol. The van der Waals surface area contributed by atoms with Gasteiger partial charge in [0.25, 0.3) is 0 Å². The fourth-order valence-electron chi connectivity index (χ4n) is 2.01. The molecule has 0 amide bonds. The maximum atomic E-state index is 8.87. The van der Waals surface area contributed by atoms with Crippen LogP contribution in [0.3, 0.4) is 0 Å². The summed E-state index contributed by atoms with van der Waals surface area (Å²) in [4.78, 5) is 2.27. The zero-order valence-corrected chi connectivity index (χ0v) is 9.86. The van der Waals surface area contributed by atoms with Crippen molar-refractivity contribution in [2.45, 2.75) is 44.3 Å². The number of likely N-dealkylation sites (N-methyl/N-ethyl adjacent to an activating group) is 1. The molecule has 0 saturated carbocycles. The highest BCUT2D eigenvalue weighted by Gasteiger charge is 2.28. The van der Waals surface area contributed by atoms with Gasteiger partial charge >= 0.3 is 0 Å². The van der Waals surface area contributed by atoms with Crippen LogP contribution in [0.4, 0.5) is 0 Å². The first-order valence-electron chi connectivity index (χ1n) is 5.46. The average molecular weight is 211 g/mol. The van der Waals surface area contributed by atoms with Crippen molar-refractivity contribution in [3.05, 3.63) is 0 Å². The first-order valence-corrected chi connectivity index (χ1v) is 5.46. The first kappa shape index (κ1) is 12.4. The summed E-state index contributed by atoms with van der Waals surface area (Å²) in [6.45, 7) is 5.54. The van der Waals surface area contributed by atoms with E-state index in [-0.39, 0.29) is 0 Å². The van der Waals surface area contributed by atoms with Crippen LogP contribution in [0.2, 0.25) is 0 Å². The van der Waals surface area contributed by atoms with Crippen molar-refractivity contribution in [3.8, 4) is 6.07 Å². The lowest BCUT2D eigenvalue weighted by atomic mass is 9.95. The van der Waals surface area contributed by atoms with E-state index in [1.165, 1.54) is 0 Å². The van der Waals surface area contributed by atoms with Gasteiger partial charge in [0.1, 0.15) is 5.54 Å². The third-order valence-corrected chi connectivity index (χ3v) is 3.15. The Bertz CT molecular complexity index is 241. The van der Waals surface area contributed by atoms with Crippen molar-refractivity contribution in [1.82, 2.24) is 4.90 Å². The average Bonchev–Trinajstić information content (AvgIpc) is 2.68. The lowest BCUT2D eigenvalue weighted by Crippen LogP contribution is -2.46. The molecule has 2 N–H and O–H groups in total. The predicted molar refractivity (Wildman–Crippen MR) is 59.3 cm³/mol. The molecule has 1 heterocycles. The van der Waals surface area contributed by atoms with E-state index in [9.17, 15) is 0 Å². The highest BCUT2D eigenvalue weighted by atomic mass is 16.5. The molecule has 15 heavy (non-hydrogen) atoms. The predicted octanol–water partition coefficient (Wildman–Crippen LogP) is 0.727. The van der Waals surface area contributed by atoms with E-state index in [1.54, 1.807) is 6.92 Å². The van der Waals surface area contributed by atoms with Crippen LogP contribution in [-0.2, 0) is 4.74 Å². The molecule has 4 nitrogen and oxygen atoms in total. The van der Waals surface area contributed by atoms with Gasteiger partial charge in [0.2, 0.25) is 0 Å². The second-order valence-corrected chi connectivity index (χ2v) is 4.77. The highest BCUT2D eigenvalue weighted by molar-refractivity contribution is 5.03. The van der Waals surface area contributed by atoms with Gasteiger partial charge in [-0.05, 0) is 33.7 Å². The molecule has 0 aromatic rings. The maximum absolute atomic E-state index is 8.87. The first-order chi connectivity index (χ1) is 6.96. The smallest absolute Gasteiger partial charge is 0.102 e. The highest BCUT2D eigenvalue weighted by Crippen LogP contribution is 2.18. The third-order valence-electron chi connectivity index (χ3n) is 3.15. The van der Waals surface area contributed by atoms with Gasteiger partial charge in [-0.3, -0.25) is 4.90 Å². The van der Waals surface area contributed by atoms with Crippen molar-refractivity contribution in [2.75, 3.05) is 20.3 Å². The number of nitriles is 1. The van der Waals surface area contributed by atoms with E-state index in [0.29, 0.717) is 18.5 Å². The molecule has 0 aromatic heterocycles. The molecule has 86 valence electrons. The number of nitrogens with zero attached hydrogens (tertiary/aromatic N) is 2. The van der Waals surface area contributed by atoms with Crippen LogP contribution in [-0.4, -0.2) is 42.8 Å². The summed E-state index contributed by atoms with van der Waals surface area (Å²) in [7, 11) is 2.08. The number of rotatable bonds is 4. The van der Waals surface area contributed by atoms with Crippen LogP contribution in [0.15, 0.2) is 0 Å². The summed E-state index contributed by atoms with van der Waals surface area (Å²) in [5, 5.41) is 8.87. The Morgan fingerprint density at radius 3 is 2.87 bits per heavy atom. The van der Waals surface area contributed by atoms with Crippen molar-refractivity contribution >= 4 is 0 Å². The molecule has 0 aromatic carbocycles. The number of hydrogen-bond donors (Lipinski definition) is 1. The minimum Gasteiger partial charge on any atom is -0.380 e. The van der Waals surface area contributed by atoms with E-state index >= 15 is 0 Å². The third kappa shape index (κ3) is 3.45. The van der Waals surface area contributed by atoms with Gasteiger partial charge in [-0.1, -0.05) is 0 Å². The van der Waals surface area contributed by atoms with Gasteiger partial charge in [-0.2, -0.15) is 5.26 Å². The van der Waals surface area contributed by atoms with Crippen molar-refractivity contribution < 1.29 is 4.74 Å². The molecular formula is C11H21N3O. The molecule has 1 saturated heterocycles. The Morgan fingerprint density at radius 1 is 1.73 bits per heavy atom. The van der Waals surface area contributed by atoms with Gasteiger partial charge in [-0.25, -0.2) is 0 Å². The Morgan fingerprint density at radius 2 is 2.40 bits per heavy atom. The topological polar surface area (TPSA) is 62.3 Å². The Balaban J connectivity index is 2.46. The lowest BCUT2D eigenvalue weighted by molar-refractivity contribution is 0.128. The van der Waals surface area contributed by atoms with Crippen LogP contribution < -0.4 is 5.73 Å². The summed E-state index contributed by atoms with van der Waals surface area (Å²) < 4.78 is 5.35. The summed E-state index contributed by atoms with van der Waals surface area (Å²) >= 11 is 0. The normalized spacial score (nSPS) is 27.3. The van der Waals surface area contributed by atoms with E-state index < -0.39 is 5.54 Å². The van der Waals surface area contributed by atoms with Crippen molar-refractivity contribution in [3.63, 3.8) is 0 Å². The zero-order chi connectivity index (χ0) is 11.5. The monoisotopic (exact) mass is 211 g/mol. The fourth-order valence-corrected chi connectivity index (χ4v) is 2.01. The van der Waals surface area contributed by atoms with E-state index in [0.717, 1.165) is 19.6 Å². The molecule has 3 unspecified atom stereocenters. The van der Waals surface area contributed by atoms with E-state index in [1.807, 2.05) is 0 Å². The molecule has 0 radical (unpaired) electrons. The fraction of sp³-hybridized carbons (Fsp3) is 0.909. The molecule has 4 heteroatoms. The summed E-state index contributed by atoms with van der Waals surface area (Å²) in [5.41, 5.74) is 5.11. The van der Waals surface area contributed by atoms with E-state index in [2.05, 4.69) is 24.9 Å². The Labute approximate surface area is 92.0 Å².